The van der Waals surface area contributed by atoms with E-state index < -0.39 is 0 Å². The summed E-state index contributed by atoms with van der Waals surface area (Å²) in [4.78, 5) is 12.4. The van der Waals surface area contributed by atoms with Crippen molar-refractivity contribution in [1.82, 2.24) is 5.32 Å². The van der Waals surface area contributed by atoms with Gasteiger partial charge in [0.1, 0.15) is 0 Å². The molecule has 4 nitrogen and oxygen atoms in total. The van der Waals surface area contributed by atoms with Gasteiger partial charge in [-0.3, -0.25) is 4.79 Å². The van der Waals surface area contributed by atoms with Crippen LogP contribution in [0.3, 0.4) is 0 Å². The Morgan fingerprint density at radius 2 is 2.19 bits per heavy atom. The van der Waals surface area contributed by atoms with Crippen LogP contribution in [-0.4, -0.2) is 24.2 Å². The Morgan fingerprint density at radius 1 is 1.48 bits per heavy atom. The molecule has 1 amide bonds. The highest BCUT2D eigenvalue weighted by molar-refractivity contribution is 9.10. The molecule has 1 unspecified atom stereocenters. The number of benzene rings is 1. The predicted octanol–water partition coefficient (Wildman–Crippen LogP) is 3.50. The Bertz CT molecular complexity index is 515. The zero-order chi connectivity index (χ0) is 15.5. The van der Waals surface area contributed by atoms with Crippen LogP contribution in [0.1, 0.15) is 49.9 Å². The molecule has 0 radical (unpaired) electrons. The summed E-state index contributed by atoms with van der Waals surface area (Å²) in [7, 11) is 0. The lowest BCUT2D eigenvalue weighted by molar-refractivity contribution is -0.0917. The van der Waals surface area contributed by atoms with E-state index in [1.807, 2.05) is 0 Å². The first-order valence-electron chi connectivity index (χ1n) is 7.49. The fourth-order valence-electron chi connectivity index (χ4n) is 2.87. The summed E-state index contributed by atoms with van der Waals surface area (Å²) in [6, 6.07) is 5.43. The van der Waals surface area contributed by atoms with Gasteiger partial charge in [0.15, 0.2) is 0 Å². The number of hydrogen-bond donors (Lipinski definition) is 2. The number of nitrogens with two attached hydrogens (primary N) is 1. The topological polar surface area (TPSA) is 64.4 Å². The largest absolute Gasteiger partial charge is 0.399 e. The van der Waals surface area contributed by atoms with Crippen LogP contribution < -0.4 is 11.1 Å². The van der Waals surface area contributed by atoms with Gasteiger partial charge < -0.3 is 15.8 Å². The number of carbonyl (C=O) groups excluding carboxylic acids is 1. The van der Waals surface area contributed by atoms with Crippen LogP contribution in [0.4, 0.5) is 5.69 Å². The molecule has 0 saturated carbocycles. The van der Waals surface area contributed by atoms with E-state index in [0.29, 0.717) is 17.9 Å². The summed E-state index contributed by atoms with van der Waals surface area (Å²) in [5, 5.41) is 3.12. The first kappa shape index (κ1) is 16.3. The van der Waals surface area contributed by atoms with Crippen LogP contribution >= 0.6 is 15.9 Å². The van der Waals surface area contributed by atoms with Gasteiger partial charge in [0.2, 0.25) is 0 Å². The van der Waals surface area contributed by atoms with Gasteiger partial charge in [0.25, 0.3) is 5.91 Å². The zero-order valence-corrected chi connectivity index (χ0v) is 14.2. The highest BCUT2D eigenvalue weighted by Gasteiger charge is 2.35. The number of hydrogen-bond acceptors (Lipinski definition) is 3. The van der Waals surface area contributed by atoms with Crippen molar-refractivity contribution in [2.24, 2.45) is 0 Å². The fourth-order valence-corrected chi connectivity index (χ4v) is 3.30. The number of nitrogen functional groups attached to an aromatic ring is 1. The number of rotatable bonds is 4. The molecule has 1 atom stereocenters. The summed E-state index contributed by atoms with van der Waals surface area (Å²) in [6.07, 6.45) is 3.66. The summed E-state index contributed by atoms with van der Waals surface area (Å²) in [5.74, 6) is -0.0813. The molecular formula is C16H23BrN2O2. The maximum absolute atomic E-state index is 12.4. The predicted molar refractivity (Wildman–Crippen MR) is 88.3 cm³/mol. The van der Waals surface area contributed by atoms with Crippen molar-refractivity contribution < 1.29 is 9.53 Å². The molecule has 3 N–H and O–H groups in total. The van der Waals surface area contributed by atoms with Gasteiger partial charge in [-0.25, -0.2) is 0 Å². The summed E-state index contributed by atoms with van der Waals surface area (Å²) in [6.45, 7) is 4.98. The molecule has 1 aromatic rings. The van der Waals surface area contributed by atoms with Crippen LogP contribution in [0.2, 0.25) is 0 Å². The van der Waals surface area contributed by atoms with E-state index in [1.54, 1.807) is 18.2 Å². The van der Waals surface area contributed by atoms with E-state index in [-0.39, 0.29) is 17.6 Å². The molecule has 0 bridgehead atoms. The highest BCUT2D eigenvalue weighted by Crippen LogP contribution is 2.31. The van der Waals surface area contributed by atoms with Gasteiger partial charge in [0, 0.05) is 22.8 Å². The van der Waals surface area contributed by atoms with Crippen LogP contribution in [0.5, 0.6) is 0 Å². The van der Waals surface area contributed by atoms with Gasteiger partial charge in [-0.05, 0) is 59.8 Å². The SMILES string of the molecule is CCC1(CC)CC(NC(=O)c2cc(N)ccc2Br)CCO1. The van der Waals surface area contributed by atoms with Crippen LogP contribution in [0.15, 0.2) is 22.7 Å². The number of ether oxygens (including phenoxy) is 1. The van der Waals surface area contributed by atoms with Crippen molar-refractivity contribution >= 4 is 27.5 Å². The fraction of sp³-hybridized carbons (Fsp3) is 0.562. The van der Waals surface area contributed by atoms with Crippen LogP contribution in [-0.2, 0) is 4.74 Å². The lowest BCUT2D eigenvalue weighted by atomic mass is 9.86. The molecule has 1 aliphatic rings. The Balaban J connectivity index is 2.07. The number of anilines is 1. The molecule has 21 heavy (non-hydrogen) atoms. The molecule has 1 saturated heterocycles. The first-order valence-corrected chi connectivity index (χ1v) is 8.29. The summed E-state index contributed by atoms with van der Waals surface area (Å²) < 4.78 is 6.71. The monoisotopic (exact) mass is 354 g/mol. The van der Waals surface area contributed by atoms with Crippen molar-refractivity contribution in [3.63, 3.8) is 0 Å². The molecule has 116 valence electrons. The van der Waals surface area contributed by atoms with Gasteiger partial charge >= 0.3 is 0 Å². The summed E-state index contributed by atoms with van der Waals surface area (Å²) >= 11 is 3.40. The Kier molecular flexibility index (Phi) is 5.27. The standard InChI is InChI=1S/C16H23BrN2O2/c1-3-16(4-2)10-12(7-8-21-16)19-15(20)13-9-11(18)5-6-14(13)17/h5-6,9,12H,3-4,7-8,10,18H2,1-2H3,(H,19,20). The normalized spacial score (nSPS) is 21.0. The summed E-state index contributed by atoms with van der Waals surface area (Å²) in [5.41, 5.74) is 6.84. The van der Waals surface area contributed by atoms with Gasteiger partial charge in [0.05, 0.1) is 11.2 Å². The average molecular weight is 355 g/mol. The third-order valence-electron chi connectivity index (χ3n) is 4.35. The average Bonchev–Trinajstić information content (AvgIpc) is 2.49. The lowest BCUT2D eigenvalue weighted by Crippen LogP contribution is -2.48. The van der Waals surface area contributed by atoms with E-state index in [0.717, 1.165) is 30.2 Å². The zero-order valence-electron chi connectivity index (χ0n) is 12.6. The molecule has 1 fully saturated rings. The van der Waals surface area contributed by atoms with E-state index >= 15 is 0 Å². The van der Waals surface area contributed by atoms with Crippen LogP contribution in [0, 0.1) is 0 Å². The van der Waals surface area contributed by atoms with Gasteiger partial charge in [-0.2, -0.15) is 0 Å². The minimum absolute atomic E-state index is 0.0813. The minimum atomic E-state index is -0.0941. The number of nitrogens with one attached hydrogen (secondary N) is 1. The van der Waals surface area contributed by atoms with Crippen molar-refractivity contribution in [3.05, 3.63) is 28.2 Å². The van der Waals surface area contributed by atoms with E-state index in [4.69, 9.17) is 10.5 Å². The van der Waals surface area contributed by atoms with Gasteiger partial charge in [-0.1, -0.05) is 13.8 Å². The minimum Gasteiger partial charge on any atom is -0.399 e. The molecular weight excluding hydrogens is 332 g/mol. The second-order valence-electron chi connectivity index (χ2n) is 5.64. The third-order valence-corrected chi connectivity index (χ3v) is 5.04. The molecule has 0 spiro atoms. The second kappa shape index (κ2) is 6.79. The highest BCUT2D eigenvalue weighted by atomic mass is 79.9. The third kappa shape index (κ3) is 3.77. The van der Waals surface area contributed by atoms with E-state index in [9.17, 15) is 4.79 Å². The van der Waals surface area contributed by atoms with Crippen LogP contribution in [0.25, 0.3) is 0 Å². The smallest absolute Gasteiger partial charge is 0.252 e. The Labute approximate surface area is 134 Å². The number of amides is 1. The quantitative estimate of drug-likeness (QED) is 0.813. The molecule has 5 heteroatoms. The first-order chi connectivity index (χ1) is 9.99. The van der Waals surface area contributed by atoms with Gasteiger partial charge in [-0.15, -0.1) is 0 Å². The number of carbonyl (C=O) groups is 1. The molecule has 1 heterocycles. The Hall–Kier alpha value is -1.07. The maximum Gasteiger partial charge on any atom is 0.252 e. The molecule has 0 aromatic heterocycles. The molecule has 0 aliphatic carbocycles. The number of halogens is 1. The van der Waals surface area contributed by atoms with E-state index in [2.05, 4.69) is 35.1 Å². The Morgan fingerprint density at radius 3 is 2.86 bits per heavy atom. The molecule has 2 rings (SSSR count). The maximum atomic E-state index is 12.4. The molecule has 1 aliphatic heterocycles. The van der Waals surface area contributed by atoms with Crippen molar-refractivity contribution in [3.8, 4) is 0 Å². The second-order valence-corrected chi connectivity index (χ2v) is 6.50. The van der Waals surface area contributed by atoms with Crippen molar-refractivity contribution in [1.29, 1.82) is 0 Å². The van der Waals surface area contributed by atoms with Crippen molar-refractivity contribution in [2.45, 2.75) is 51.2 Å². The lowest BCUT2D eigenvalue weighted by Gasteiger charge is -2.40. The van der Waals surface area contributed by atoms with E-state index in [1.165, 1.54) is 0 Å². The van der Waals surface area contributed by atoms with Crippen molar-refractivity contribution in [2.75, 3.05) is 12.3 Å². The molecule has 1 aromatic carbocycles.